The predicted octanol–water partition coefficient (Wildman–Crippen LogP) is -0.419. The van der Waals surface area contributed by atoms with Crippen molar-refractivity contribution in [3.63, 3.8) is 0 Å². The van der Waals surface area contributed by atoms with Crippen LogP contribution in [0.2, 0.25) is 0 Å². The van der Waals surface area contributed by atoms with Gasteiger partial charge in [-0.25, -0.2) is 20.9 Å². The van der Waals surface area contributed by atoms with Gasteiger partial charge in [0.05, 0.1) is 25.6 Å². The first-order valence-corrected chi connectivity index (χ1v) is 16.6. The number of primary amides is 1. The Hall–Kier alpha value is -2.17. The van der Waals surface area contributed by atoms with Crippen LogP contribution in [0.15, 0.2) is 36.9 Å². The number of carbonyl (C=O) groups is 1. The average molecular weight is 841 g/mol. The number of hydrogen-bond donors (Lipinski definition) is 7. The van der Waals surface area contributed by atoms with Crippen molar-refractivity contribution in [3.8, 4) is 0 Å². The largest absolute Gasteiger partial charge is 0.422 e. The summed E-state index contributed by atoms with van der Waals surface area (Å²) in [4.78, 5) is 44.2. The third-order valence-electron chi connectivity index (χ3n) is 7.25. The zero-order valence-corrected chi connectivity index (χ0v) is 28.2. The Morgan fingerprint density at radius 1 is 1.04 bits per heavy atom. The number of nitrogens with two attached hydrogens (primary N) is 2. The van der Waals surface area contributed by atoms with E-state index in [-0.39, 0.29) is 32.4 Å². The Morgan fingerprint density at radius 2 is 1.71 bits per heavy atom. The second kappa shape index (κ2) is 13.9. The second-order valence-corrected chi connectivity index (χ2v) is 14.6. The van der Waals surface area contributed by atoms with E-state index in [2.05, 4.69) is 15.0 Å². The quantitative estimate of drug-likeness (QED) is 0.0954. The fourth-order valence-corrected chi connectivity index (χ4v) is 8.18. The molecule has 3 aromatic rings. The molecule has 9 N–H and O–H groups in total. The van der Waals surface area contributed by atoms with E-state index in [0.29, 0.717) is 22.6 Å². The minimum atomic E-state index is -4.82. The van der Waals surface area contributed by atoms with Gasteiger partial charge in [0.2, 0.25) is 5.91 Å². The molecule has 4 heterocycles. The zero-order valence-electron chi connectivity index (χ0n) is 23.5. The van der Waals surface area contributed by atoms with Crippen molar-refractivity contribution in [1.82, 2.24) is 19.5 Å². The minimum Gasteiger partial charge on any atom is -0.422 e. The monoisotopic (exact) mass is 841 g/mol. The van der Waals surface area contributed by atoms with Gasteiger partial charge in [0.15, 0.2) is 17.4 Å². The number of benzene rings is 1. The third-order valence-corrected chi connectivity index (χ3v) is 11.2. The van der Waals surface area contributed by atoms with E-state index in [1.165, 1.54) is 41.5 Å². The number of aliphatic hydroxyl groups excluding tert-OH is 3. The molecule has 2 saturated heterocycles. The Balaban J connectivity index is 0.00000461. The van der Waals surface area contributed by atoms with Crippen LogP contribution in [-0.4, -0.2) is 100 Å². The molecule has 0 aliphatic carbocycles. The molecule has 45 heavy (non-hydrogen) atoms. The molecule has 0 bridgehead atoms. The van der Waals surface area contributed by atoms with E-state index < -0.39 is 83.1 Å². The molecular weight excluding hydrogens is 810 g/mol. The van der Waals surface area contributed by atoms with Crippen molar-refractivity contribution in [3.05, 3.63) is 54.0 Å². The Morgan fingerprint density at radius 3 is 2.38 bits per heavy atom. The molecule has 5 rings (SSSR count). The first-order chi connectivity index (χ1) is 20.7. The Bertz CT molecular complexity index is 1630. The molecule has 4 unspecified atom stereocenters. The van der Waals surface area contributed by atoms with E-state index in [9.17, 15) is 39.0 Å². The van der Waals surface area contributed by atoms with E-state index in [1.54, 1.807) is 6.92 Å². The fourth-order valence-electron chi connectivity index (χ4n) is 4.96. The van der Waals surface area contributed by atoms with Crippen LogP contribution >= 0.6 is 15.2 Å². The van der Waals surface area contributed by atoms with Gasteiger partial charge in [-0.15, -0.1) is 0 Å². The number of aliphatic hydroxyl groups is 3. The number of aromatic nitrogens is 4. The molecule has 246 valence electrons. The van der Waals surface area contributed by atoms with Crippen molar-refractivity contribution in [2.45, 2.75) is 49.8 Å². The number of imidazole rings is 1. The van der Waals surface area contributed by atoms with E-state index in [0.717, 1.165) is 0 Å². The van der Waals surface area contributed by atoms with Gasteiger partial charge in [0.25, 0.3) is 0 Å². The standard InChI is InChI=1S/C24H31N6O12P2.W/c1-11-17(31)14(42-24(11)30-9-29-16-21(25)27-8-28-23(16)30)6-39-43(35,36)10-44(37,38)40-7-15-18(32)19(33)20(41-15)12-3-2-4-13(5-12)22(26)34;/h2-5,8-9,14-15,17-20,24,31-33H,6-7,10H2,1H3,(H2,26,34)(H,35,36)(H,37,38)(H2,25,27,28);/q-1;/t14-,15-,17?,18?,19+,20+,24-;/m1./s1. The van der Waals surface area contributed by atoms with Gasteiger partial charge < -0.3 is 59.7 Å². The number of anilines is 1. The molecule has 0 radical (unpaired) electrons. The van der Waals surface area contributed by atoms with E-state index >= 15 is 0 Å². The van der Waals surface area contributed by atoms with Crippen molar-refractivity contribution in [1.29, 1.82) is 0 Å². The molecule has 2 aliphatic heterocycles. The summed E-state index contributed by atoms with van der Waals surface area (Å²) in [6, 6.07) is 5.85. The van der Waals surface area contributed by atoms with Gasteiger partial charge in [0, 0.05) is 32.9 Å². The molecule has 21 heteroatoms. The van der Waals surface area contributed by atoms with Crippen molar-refractivity contribution >= 4 is 38.1 Å². The second-order valence-electron chi connectivity index (χ2n) is 10.4. The number of nitrogens with zero attached hydrogens (tertiary/aromatic N) is 4. The first kappa shape index (κ1) is 35.7. The van der Waals surface area contributed by atoms with Crippen LogP contribution in [0.25, 0.3) is 11.2 Å². The third kappa shape index (κ3) is 7.70. The van der Waals surface area contributed by atoms with E-state index in [1.807, 2.05) is 0 Å². The number of rotatable bonds is 11. The number of fused-ring (bicyclic) bond motifs is 1. The maximum Gasteiger partial charge on any atom is 0.340 e. The average Bonchev–Trinajstić information content (AvgIpc) is 3.61. The van der Waals surface area contributed by atoms with Gasteiger partial charge in [-0.05, 0) is 23.8 Å². The number of ether oxygens (including phenoxy) is 2. The fraction of sp³-hybridized carbons (Fsp3) is 0.458. The van der Waals surface area contributed by atoms with Crippen molar-refractivity contribution in [2.24, 2.45) is 5.73 Å². The van der Waals surface area contributed by atoms with Crippen molar-refractivity contribution < 1.29 is 78.6 Å². The number of carbonyl (C=O) groups excluding carboxylic acids is 1. The molecule has 9 atom stereocenters. The van der Waals surface area contributed by atoms with Crippen LogP contribution in [0, 0.1) is 5.92 Å². The smallest absolute Gasteiger partial charge is 0.340 e. The van der Waals surface area contributed by atoms with Gasteiger partial charge in [-0.1, -0.05) is 12.1 Å². The summed E-state index contributed by atoms with van der Waals surface area (Å²) in [6.07, 6.45) is -6.08. The first-order valence-electron chi connectivity index (χ1n) is 13.1. The van der Waals surface area contributed by atoms with Crippen LogP contribution in [0.4, 0.5) is 5.82 Å². The summed E-state index contributed by atoms with van der Waals surface area (Å²) in [7, 11) is -9.61. The molecule has 0 spiro atoms. The maximum atomic E-state index is 12.7. The molecule has 18 nitrogen and oxygen atoms in total. The van der Waals surface area contributed by atoms with Gasteiger partial charge in [0.1, 0.15) is 36.3 Å². The van der Waals surface area contributed by atoms with Gasteiger partial charge in [-0.2, -0.15) is 6.92 Å². The summed E-state index contributed by atoms with van der Waals surface area (Å²) in [5.74, 6) is -1.49. The van der Waals surface area contributed by atoms with Gasteiger partial charge in [-0.3, -0.25) is 13.9 Å². The number of hydrogen-bond acceptors (Lipinski definition) is 14. The molecule has 0 saturated carbocycles. The zero-order chi connectivity index (χ0) is 32.0. The topological polar surface area (TPSA) is 285 Å². The number of nitrogen functional groups attached to an aromatic ring is 1. The Kier molecular flexibility index (Phi) is 11.0. The van der Waals surface area contributed by atoms with Crippen LogP contribution < -0.4 is 11.5 Å². The Labute approximate surface area is 270 Å². The van der Waals surface area contributed by atoms with Crippen LogP contribution in [0.5, 0.6) is 0 Å². The SMILES string of the molecule is C[C-]1C(O)[C@@H](COP(=O)(O)CP(=O)(O)OC[C@H]2O[C@@H](c3cccc(C(N)=O)c3)[C@@H](O)C2O)O[C@H]1n1cnc2c(N)ncnc21.[W]. The molecule has 2 aromatic heterocycles. The molecule has 1 aromatic carbocycles. The molecule has 2 aliphatic rings. The molecular formula is C24H31N6O12P2W-. The van der Waals surface area contributed by atoms with Crippen LogP contribution in [0.3, 0.4) is 0 Å². The van der Waals surface area contributed by atoms with Crippen LogP contribution in [-0.2, 0) is 48.7 Å². The summed E-state index contributed by atoms with van der Waals surface area (Å²) in [5.41, 5.74) is 12.2. The predicted molar refractivity (Wildman–Crippen MR) is 150 cm³/mol. The normalized spacial score (nSPS) is 29.7. The summed E-state index contributed by atoms with van der Waals surface area (Å²) in [5, 5.41) is 31.5. The summed E-state index contributed by atoms with van der Waals surface area (Å²) < 4.78 is 48.3. The van der Waals surface area contributed by atoms with E-state index in [4.69, 9.17) is 30.0 Å². The summed E-state index contributed by atoms with van der Waals surface area (Å²) in [6.45, 7) is 0.232. The maximum absolute atomic E-state index is 12.7. The number of amides is 1. The molecule has 2 fully saturated rings. The minimum absolute atomic E-state index is 0. The van der Waals surface area contributed by atoms with Gasteiger partial charge >= 0.3 is 15.2 Å². The van der Waals surface area contributed by atoms with Crippen LogP contribution in [0.1, 0.15) is 35.2 Å². The summed E-state index contributed by atoms with van der Waals surface area (Å²) >= 11 is 0. The van der Waals surface area contributed by atoms with Crippen molar-refractivity contribution in [2.75, 3.05) is 24.9 Å². The molecule has 1 amide bonds.